The Hall–Kier alpha value is -1.55. The number of hydrogen-bond acceptors (Lipinski definition) is 3. The van der Waals surface area contributed by atoms with Crippen molar-refractivity contribution in [1.82, 2.24) is 4.90 Å². The number of rotatable bonds is 10. The van der Waals surface area contributed by atoms with Gasteiger partial charge in [-0.1, -0.05) is 13.3 Å². The van der Waals surface area contributed by atoms with E-state index in [4.69, 9.17) is 0 Å². The fourth-order valence-corrected chi connectivity index (χ4v) is 2.40. The van der Waals surface area contributed by atoms with Gasteiger partial charge in [0.25, 0.3) is 0 Å². The number of carbonyl (C=O) groups is 1. The molecule has 1 N–H and O–H groups in total. The van der Waals surface area contributed by atoms with Crippen LogP contribution in [0.3, 0.4) is 0 Å². The summed E-state index contributed by atoms with van der Waals surface area (Å²) in [5.41, 5.74) is 2.07. The second-order valence-corrected chi connectivity index (χ2v) is 5.67. The Balaban J connectivity index is 2.41. The third-order valence-corrected chi connectivity index (χ3v) is 3.89. The second kappa shape index (κ2) is 10.2. The summed E-state index contributed by atoms with van der Waals surface area (Å²) in [6, 6.07) is 8.09. The van der Waals surface area contributed by atoms with Gasteiger partial charge in [0.1, 0.15) is 0 Å². The van der Waals surface area contributed by atoms with Gasteiger partial charge in [-0.15, -0.1) is 0 Å². The van der Waals surface area contributed by atoms with Crippen LogP contribution in [0.25, 0.3) is 0 Å². The first kappa shape index (κ1) is 18.5. The summed E-state index contributed by atoms with van der Waals surface area (Å²) in [7, 11) is 2.07. The van der Waals surface area contributed by atoms with Crippen LogP contribution in [0.15, 0.2) is 24.3 Å². The maximum atomic E-state index is 12.0. The predicted octanol–water partition coefficient (Wildman–Crippen LogP) is 3.59. The summed E-state index contributed by atoms with van der Waals surface area (Å²) in [6.07, 6.45) is 2.92. The highest BCUT2D eigenvalue weighted by Crippen LogP contribution is 2.17. The lowest BCUT2D eigenvalue weighted by molar-refractivity contribution is -0.116. The number of hydrogen-bond donors (Lipinski definition) is 1. The molecule has 0 spiro atoms. The maximum absolute atomic E-state index is 12.0. The van der Waals surface area contributed by atoms with Gasteiger partial charge in [0, 0.05) is 37.4 Å². The molecule has 22 heavy (non-hydrogen) atoms. The molecule has 0 aromatic heterocycles. The average molecular weight is 305 g/mol. The minimum Gasteiger partial charge on any atom is -0.372 e. The first-order chi connectivity index (χ1) is 10.6. The highest BCUT2D eigenvalue weighted by Gasteiger charge is 2.06. The van der Waals surface area contributed by atoms with Gasteiger partial charge in [-0.05, 0) is 58.1 Å². The van der Waals surface area contributed by atoms with Crippen LogP contribution >= 0.6 is 0 Å². The molecule has 1 aromatic carbocycles. The van der Waals surface area contributed by atoms with E-state index in [1.807, 2.05) is 12.1 Å². The quantitative estimate of drug-likeness (QED) is 0.717. The number of unbranched alkanes of at least 4 members (excludes halogenated alkanes) is 1. The molecule has 4 nitrogen and oxygen atoms in total. The van der Waals surface area contributed by atoms with Crippen molar-refractivity contribution < 1.29 is 4.79 Å². The standard InChI is InChI=1S/C18H31N3O/c1-5-8-14-20(4)15-13-18(22)19-16-9-11-17(12-10-16)21(6-2)7-3/h9-12H,5-8,13-15H2,1-4H3,(H,19,22). The highest BCUT2D eigenvalue weighted by molar-refractivity contribution is 5.91. The molecular formula is C18H31N3O. The van der Waals surface area contributed by atoms with Gasteiger partial charge >= 0.3 is 0 Å². The van der Waals surface area contributed by atoms with E-state index in [9.17, 15) is 4.79 Å². The molecule has 1 rings (SSSR count). The van der Waals surface area contributed by atoms with Gasteiger partial charge < -0.3 is 15.1 Å². The van der Waals surface area contributed by atoms with Gasteiger partial charge in [-0.25, -0.2) is 0 Å². The van der Waals surface area contributed by atoms with Crippen molar-refractivity contribution in [3.05, 3.63) is 24.3 Å². The Morgan fingerprint density at radius 1 is 1.05 bits per heavy atom. The number of benzene rings is 1. The summed E-state index contributed by atoms with van der Waals surface area (Å²) in [5, 5.41) is 2.97. The van der Waals surface area contributed by atoms with Crippen LogP contribution in [0, 0.1) is 0 Å². The van der Waals surface area contributed by atoms with Crippen molar-refractivity contribution in [2.24, 2.45) is 0 Å². The number of nitrogens with zero attached hydrogens (tertiary/aromatic N) is 2. The zero-order valence-electron chi connectivity index (χ0n) is 14.6. The summed E-state index contributed by atoms with van der Waals surface area (Å²) >= 11 is 0. The molecule has 0 aliphatic carbocycles. The van der Waals surface area contributed by atoms with Gasteiger partial charge in [0.05, 0.1) is 0 Å². The van der Waals surface area contributed by atoms with Crippen molar-refractivity contribution in [2.75, 3.05) is 43.4 Å². The molecular weight excluding hydrogens is 274 g/mol. The van der Waals surface area contributed by atoms with E-state index in [0.717, 1.165) is 31.9 Å². The van der Waals surface area contributed by atoms with Crippen LogP contribution in [0.1, 0.15) is 40.0 Å². The lowest BCUT2D eigenvalue weighted by atomic mass is 10.2. The van der Waals surface area contributed by atoms with Crippen LogP contribution in [-0.4, -0.2) is 44.0 Å². The van der Waals surface area contributed by atoms with Gasteiger partial charge in [0.15, 0.2) is 0 Å². The topological polar surface area (TPSA) is 35.6 Å². The van der Waals surface area contributed by atoms with Crippen molar-refractivity contribution >= 4 is 17.3 Å². The third kappa shape index (κ3) is 6.48. The number of carbonyl (C=O) groups excluding carboxylic acids is 1. The lowest BCUT2D eigenvalue weighted by Gasteiger charge is -2.21. The molecule has 4 heteroatoms. The minimum absolute atomic E-state index is 0.0823. The first-order valence-electron chi connectivity index (χ1n) is 8.44. The van der Waals surface area contributed by atoms with E-state index in [1.54, 1.807) is 0 Å². The fraction of sp³-hybridized carbons (Fsp3) is 0.611. The molecule has 0 bridgehead atoms. The van der Waals surface area contributed by atoms with E-state index in [-0.39, 0.29) is 5.91 Å². The molecule has 0 radical (unpaired) electrons. The number of amides is 1. The van der Waals surface area contributed by atoms with Gasteiger partial charge in [-0.3, -0.25) is 4.79 Å². The Morgan fingerprint density at radius 2 is 1.68 bits per heavy atom. The van der Waals surface area contributed by atoms with Crippen LogP contribution in [0.2, 0.25) is 0 Å². The van der Waals surface area contributed by atoms with E-state index in [2.05, 4.69) is 55.1 Å². The van der Waals surface area contributed by atoms with E-state index < -0.39 is 0 Å². The zero-order chi connectivity index (χ0) is 16.4. The molecule has 1 amide bonds. The maximum Gasteiger partial charge on any atom is 0.225 e. The molecule has 1 aromatic rings. The first-order valence-corrected chi connectivity index (χ1v) is 8.44. The molecule has 0 saturated heterocycles. The summed E-state index contributed by atoms with van der Waals surface area (Å²) in [6.45, 7) is 10.3. The Morgan fingerprint density at radius 3 is 2.23 bits per heavy atom. The normalized spacial score (nSPS) is 10.8. The van der Waals surface area contributed by atoms with Crippen molar-refractivity contribution in [3.63, 3.8) is 0 Å². The SMILES string of the molecule is CCCCN(C)CCC(=O)Nc1ccc(N(CC)CC)cc1. The monoisotopic (exact) mass is 305 g/mol. The van der Waals surface area contributed by atoms with Gasteiger partial charge in [0.2, 0.25) is 5.91 Å². The van der Waals surface area contributed by atoms with Crippen LogP contribution < -0.4 is 10.2 Å². The molecule has 0 fully saturated rings. The Bertz CT molecular complexity index is 426. The molecule has 0 aliphatic rings. The Kier molecular flexibility index (Phi) is 8.60. The molecule has 124 valence electrons. The average Bonchev–Trinajstić information content (AvgIpc) is 2.53. The van der Waals surface area contributed by atoms with Crippen LogP contribution in [-0.2, 0) is 4.79 Å². The summed E-state index contributed by atoms with van der Waals surface area (Å²) < 4.78 is 0. The van der Waals surface area contributed by atoms with E-state index >= 15 is 0 Å². The zero-order valence-corrected chi connectivity index (χ0v) is 14.6. The van der Waals surface area contributed by atoms with Gasteiger partial charge in [-0.2, -0.15) is 0 Å². The molecule has 0 unspecified atom stereocenters. The molecule has 0 atom stereocenters. The molecule has 0 saturated carbocycles. The minimum atomic E-state index is 0.0823. The smallest absolute Gasteiger partial charge is 0.225 e. The largest absolute Gasteiger partial charge is 0.372 e. The van der Waals surface area contributed by atoms with Crippen molar-refractivity contribution in [2.45, 2.75) is 40.0 Å². The second-order valence-electron chi connectivity index (χ2n) is 5.67. The number of anilines is 2. The fourth-order valence-electron chi connectivity index (χ4n) is 2.40. The van der Waals surface area contributed by atoms with Crippen LogP contribution in [0.5, 0.6) is 0 Å². The van der Waals surface area contributed by atoms with Crippen molar-refractivity contribution in [3.8, 4) is 0 Å². The van der Waals surface area contributed by atoms with Crippen LogP contribution in [0.4, 0.5) is 11.4 Å². The van der Waals surface area contributed by atoms with E-state index in [1.165, 1.54) is 18.5 Å². The molecule has 0 heterocycles. The Labute approximate surface area is 135 Å². The lowest BCUT2D eigenvalue weighted by Crippen LogP contribution is -2.25. The van der Waals surface area contributed by atoms with Crippen molar-refractivity contribution in [1.29, 1.82) is 0 Å². The summed E-state index contributed by atoms with van der Waals surface area (Å²) in [4.78, 5) is 16.5. The summed E-state index contributed by atoms with van der Waals surface area (Å²) in [5.74, 6) is 0.0823. The third-order valence-electron chi connectivity index (χ3n) is 3.89. The highest BCUT2D eigenvalue weighted by atomic mass is 16.1. The predicted molar refractivity (Wildman–Crippen MR) is 95.7 cm³/mol. The molecule has 0 aliphatic heterocycles. The number of nitrogens with one attached hydrogen (secondary N) is 1. The van der Waals surface area contributed by atoms with E-state index in [0.29, 0.717) is 6.42 Å².